The van der Waals surface area contributed by atoms with E-state index in [1.165, 1.54) is 10.5 Å². The molecule has 2 N–H and O–H groups in total. The number of carboxylic acids is 1. The highest BCUT2D eigenvalue weighted by molar-refractivity contribution is 5.96. The number of fused-ring (bicyclic) bond motifs is 1. The Morgan fingerprint density at radius 3 is 2.39 bits per heavy atom. The predicted octanol–water partition coefficient (Wildman–Crippen LogP) is 5.68. The van der Waals surface area contributed by atoms with E-state index in [-0.39, 0.29) is 22.8 Å². The van der Waals surface area contributed by atoms with Gasteiger partial charge < -0.3 is 14.6 Å². The quantitative estimate of drug-likeness (QED) is 0.409. The van der Waals surface area contributed by atoms with Gasteiger partial charge in [0.1, 0.15) is 11.8 Å². The van der Waals surface area contributed by atoms with Crippen LogP contribution in [0.4, 0.5) is 13.2 Å². The Balaban J connectivity index is 1.56. The first-order valence-corrected chi connectivity index (χ1v) is 10.4. The smallest absolute Gasteiger partial charge is 0.416 e. The number of carbonyl (C=O) groups is 1. The van der Waals surface area contributed by atoms with Gasteiger partial charge in [0.25, 0.3) is 0 Å². The first-order valence-electron chi connectivity index (χ1n) is 10.4. The van der Waals surface area contributed by atoms with Gasteiger partial charge in [-0.3, -0.25) is 0 Å². The van der Waals surface area contributed by atoms with Gasteiger partial charge in [-0.2, -0.15) is 13.2 Å². The number of rotatable bonds is 5. The number of imidazole rings is 1. The molecule has 1 aliphatic rings. The lowest BCUT2D eigenvalue weighted by molar-refractivity contribution is -0.137. The highest BCUT2D eigenvalue weighted by Gasteiger charge is 2.34. The predicted molar refractivity (Wildman–Crippen MR) is 115 cm³/mol. The zero-order valence-electron chi connectivity index (χ0n) is 17.3. The van der Waals surface area contributed by atoms with E-state index in [9.17, 15) is 28.2 Å². The normalized spacial score (nSPS) is 15.0. The van der Waals surface area contributed by atoms with Crippen molar-refractivity contribution in [3.8, 4) is 11.1 Å². The third-order valence-corrected chi connectivity index (χ3v) is 5.92. The first kappa shape index (κ1) is 21.2. The number of nitrogens with zero attached hydrogens (tertiary/aromatic N) is 2. The Morgan fingerprint density at radius 1 is 1.06 bits per heavy atom. The first-order chi connectivity index (χ1) is 15.7. The summed E-state index contributed by atoms with van der Waals surface area (Å²) in [5, 5.41) is 20.5. The summed E-state index contributed by atoms with van der Waals surface area (Å²) < 4.78 is 42.1. The summed E-state index contributed by atoms with van der Waals surface area (Å²) >= 11 is 0. The van der Waals surface area contributed by atoms with Crippen LogP contribution in [-0.4, -0.2) is 25.6 Å². The molecule has 2 aromatic heterocycles. The summed E-state index contributed by atoms with van der Waals surface area (Å²) in [6.07, 6.45) is -2.31. The maximum atomic E-state index is 13.5. The van der Waals surface area contributed by atoms with E-state index in [4.69, 9.17) is 0 Å². The van der Waals surface area contributed by atoms with Crippen LogP contribution in [-0.2, 0) is 6.18 Å². The van der Waals surface area contributed by atoms with Gasteiger partial charge in [0.05, 0.1) is 22.5 Å². The summed E-state index contributed by atoms with van der Waals surface area (Å²) in [6, 6.07) is 14.9. The Hall–Kier alpha value is -3.65. The van der Waals surface area contributed by atoms with Crippen LogP contribution in [0.2, 0.25) is 0 Å². The Kier molecular flexibility index (Phi) is 4.97. The van der Waals surface area contributed by atoms with Crippen molar-refractivity contribution in [1.82, 2.24) is 9.38 Å². The van der Waals surface area contributed by atoms with Gasteiger partial charge in [-0.1, -0.05) is 42.5 Å². The molecule has 1 aliphatic carbocycles. The highest BCUT2D eigenvalue weighted by atomic mass is 19.4. The van der Waals surface area contributed by atoms with Gasteiger partial charge in [-0.15, -0.1) is 0 Å². The van der Waals surface area contributed by atoms with Gasteiger partial charge in [-0.25, -0.2) is 9.78 Å². The summed E-state index contributed by atoms with van der Waals surface area (Å²) in [5.41, 5.74) is 1.72. The third-order valence-electron chi connectivity index (χ3n) is 5.92. The fraction of sp³-hybridized carbons (Fsp3) is 0.200. The molecule has 8 heteroatoms. The molecule has 1 fully saturated rings. The molecule has 2 aromatic carbocycles. The number of carboxylic acid groups (broad SMARTS) is 1. The minimum absolute atomic E-state index is 0.0675. The second-order valence-electron chi connectivity index (χ2n) is 8.21. The molecule has 0 amide bonds. The maximum absolute atomic E-state index is 13.5. The highest BCUT2D eigenvalue weighted by Crippen LogP contribution is 2.41. The van der Waals surface area contributed by atoms with E-state index in [2.05, 4.69) is 4.98 Å². The van der Waals surface area contributed by atoms with Crippen molar-refractivity contribution in [2.75, 3.05) is 0 Å². The monoisotopic (exact) mass is 452 g/mol. The molecule has 5 nitrogen and oxygen atoms in total. The number of hydrogen-bond donors (Lipinski definition) is 2. The van der Waals surface area contributed by atoms with E-state index in [0.29, 0.717) is 16.7 Å². The molecule has 1 saturated carbocycles. The summed E-state index contributed by atoms with van der Waals surface area (Å²) in [6.45, 7) is 0. The number of hydrogen-bond acceptors (Lipinski definition) is 3. The topological polar surface area (TPSA) is 74.8 Å². The standard InChI is InChI=1S/C25H19F3N2O3/c26-25(27,28)17-11-21(30-13-20(15-7-8-15)29-22(30)12-17)23(31)16-9-5-14(6-10-16)18-3-1-2-4-19(18)24(32)33/h1-6,9-13,15,23,31H,7-8H2,(H,32,33). The molecule has 0 radical (unpaired) electrons. The van der Waals surface area contributed by atoms with Crippen LogP contribution in [0.5, 0.6) is 0 Å². The van der Waals surface area contributed by atoms with Gasteiger partial charge in [0.2, 0.25) is 0 Å². The van der Waals surface area contributed by atoms with Gasteiger partial charge in [0.15, 0.2) is 0 Å². The lowest BCUT2D eigenvalue weighted by Gasteiger charge is -2.17. The summed E-state index contributed by atoms with van der Waals surface area (Å²) in [4.78, 5) is 15.9. The average Bonchev–Trinajstić information content (AvgIpc) is 3.56. The zero-order valence-corrected chi connectivity index (χ0v) is 17.3. The van der Waals surface area contributed by atoms with Crippen LogP contribution in [0.3, 0.4) is 0 Å². The van der Waals surface area contributed by atoms with Crippen molar-refractivity contribution < 1.29 is 28.2 Å². The number of pyridine rings is 1. The molecule has 2 heterocycles. The molecule has 1 atom stereocenters. The molecular weight excluding hydrogens is 433 g/mol. The summed E-state index contributed by atoms with van der Waals surface area (Å²) in [7, 11) is 0. The third kappa shape index (κ3) is 3.98. The van der Waals surface area contributed by atoms with Crippen molar-refractivity contribution in [1.29, 1.82) is 0 Å². The molecule has 0 saturated heterocycles. The maximum Gasteiger partial charge on any atom is 0.416 e. The number of aliphatic hydroxyl groups excluding tert-OH is 1. The van der Waals surface area contributed by atoms with E-state index in [1.54, 1.807) is 48.7 Å². The van der Waals surface area contributed by atoms with Crippen molar-refractivity contribution >= 4 is 11.6 Å². The van der Waals surface area contributed by atoms with Crippen molar-refractivity contribution in [3.63, 3.8) is 0 Å². The average molecular weight is 452 g/mol. The van der Waals surface area contributed by atoms with E-state index in [0.717, 1.165) is 30.7 Å². The fourth-order valence-corrected chi connectivity index (χ4v) is 4.02. The van der Waals surface area contributed by atoms with Crippen molar-refractivity contribution in [2.24, 2.45) is 0 Å². The molecule has 33 heavy (non-hydrogen) atoms. The second kappa shape index (κ2) is 7.74. The van der Waals surface area contributed by atoms with Crippen LogP contribution in [0.15, 0.2) is 66.9 Å². The number of halogens is 3. The van der Waals surface area contributed by atoms with Gasteiger partial charge >= 0.3 is 12.1 Å². The molecule has 4 aromatic rings. The van der Waals surface area contributed by atoms with Gasteiger partial charge in [-0.05, 0) is 47.7 Å². The summed E-state index contributed by atoms with van der Waals surface area (Å²) in [5.74, 6) is -0.814. The minimum atomic E-state index is -4.58. The number of alkyl halides is 3. The zero-order chi connectivity index (χ0) is 23.3. The molecular formula is C25H19F3N2O3. The van der Waals surface area contributed by atoms with Crippen LogP contribution in [0, 0.1) is 0 Å². The van der Waals surface area contributed by atoms with Crippen molar-refractivity contribution in [2.45, 2.75) is 31.0 Å². The van der Waals surface area contributed by atoms with E-state index in [1.807, 2.05) is 0 Å². The van der Waals surface area contributed by atoms with Crippen LogP contribution in [0.25, 0.3) is 16.8 Å². The SMILES string of the molecule is O=C(O)c1ccccc1-c1ccc(C(O)c2cc(C(F)(F)F)cc3nc(C4CC4)cn23)cc1. The fourth-order valence-electron chi connectivity index (χ4n) is 4.02. The number of benzene rings is 2. The van der Waals surface area contributed by atoms with Gasteiger partial charge in [0, 0.05) is 12.1 Å². The number of aromatic carboxylic acids is 1. The van der Waals surface area contributed by atoms with Crippen molar-refractivity contribution in [3.05, 3.63) is 94.9 Å². The van der Waals surface area contributed by atoms with Crippen LogP contribution >= 0.6 is 0 Å². The molecule has 0 spiro atoms. The minimum Gasteiger partial charge on any atom is -0.478 e. The molecule has 0 bridgehead atoms. The van der Waals surface area contributed by atoms with E-state index >= 15 is 0 Å². The number of aromatic nitrogens is 2. The molecule has 0 aliphatic heterocycles. The second-order valence-corrected chi connectivity index (χ2v) is 8.21. The Bertz CT molecular complexity index is 1360. The Morgan fingerprint density at radius 2 is 1.76 bits per heavy atom. The largest absolute Gasteiger partial charge is 0.478 e. The molecule has 1 unspecified atom stereocenters. The lowest BCUT2D eigenvalue weighted by atomic mass is 9.96. The van der Waals surface area contributed by atoms with Crippen LogP contribution in [0.1, 0.15) is 57.7 Å². The molecule has 168 valence electrons. The van der Waals surface area contributed by atoms with Crippen LogP contribution < -0.4 is 0 Å². The van der Waals surface area contributed by atoms with E-state index < -0.39 is 23.8 Å². The molecule has 5 rings (SSSR count). The Labute approximate surface area is 186 Å². The number of aliphatic hydroxyl groups is 1. The lowest BCUT2D eigenvalue weighted by Crippen LogP contribution is -2.11.